The van der Waals surface area contributed by atoms with Gasteiger partial charge in [0, 0.05) is 13.1 Å². The molecule has 0 aromatic heterocycles. The maximum absolute atomic E-state index is 6.15. The number of nitrogens with zero attached hydrogens (tertiary/aromatic N) is 1. The number of hydrogen-bond acceptors (Lipinski definition) is 3. The van der Waals surface area contributed by atoms with Gasteiger partial charge in [-0.3, -0.25) is 4.90 Å². The molecule has 0 radical (unpaired) electrons. The SMILES string of the molecule is CC1(C)OB(c2ccc(CN3CCC(c4ccccc4)C3)cc2)OC1(C)C. The van der Waals surface area contributed by atoms with Crippen LogP contribution in [-0.4, -0.2) is 36.3 Å². The molecule has 4 heteroatoms. The Bertz CT molecular complexity index is 757. The van der Waals surface area contributed by atoms with Crippen molar-refractivity contribution in [3.8, 4) is 0 Å². The Kier molecular flexibility index (Phi) is 4.92. The first-order valence-corrected chi connectivity index (χ1v) is 10.1. The summed E-state index contributed by atoms with van der Waals surface area (Å²) in [5.41, 5.74) is 3.33. The molecule has 4 rings (SSSR count). The van der Waals surface area contributed by atoms with E-state index >= 15 is 0 Å². The van der Waals surface area contributed by atoms with Crippen LogP contribution in [0.4, 0.5) is 0 Å². The molecule has 0 bridgehead atoms. The number of rotatable bonds is 4. The third-order valence-corrected chi connectivity index (χ3v) is 6.45. The summed E-state index contributed by atoms with van der Waals surface area (Å²) in [5.74, 6) is 0.662. The van der Waals surface area contributed by atoms with Gasteiger partial charge in [-0.05, 0) is 63.2 Å². The van der Waals surface area contributed by atoms with Gasteiger partial charge < -0.3 is 9.31 Å². The maximum atomic E-state index is 6.15. The minimum absolute atomic E-state index is 0.279. The van der Waals surface area contributed by atoms with E-state index in [1.54, 1.807) is 0 Å². The average Bonchev–Trinajstić information content (AvgIpc) is 3.18. The van der Waals surface area contributed by atoms with Crippen LogP contribution in [0.2, 0.25) is 0 Å². The van der Waals surface area contributed by atoms with E-state index in [0.29, 0.717) is 5.92 Å². The Morgan fingerprint density at radius 2 is 1.56 bits per heavy atom. The summed E-state index contributed by atoms with van der Waals surface area (Å²) in [5, 5.41) is 0. The molecule has 0 aliphatic carbocycles. The fourth-order valence-electron chi connectivity index (χ4n) is 3.99. The van der Waals surface area contributed by atoms with Gasteiger partial charge in [0.2, 0.25) is 0 Å². The minimum Gasteiger partial charge on any atom is -0.399 e. The molecule has 2 saturated heterocycles. The normalized spacial score (nSPS) is 24.4. The molecule has 2 aliphatic heterocycles. The molecule has 1 unspecified atom stereocenters. The van der Waals surface area contributed by atoms with Crippen molar-refractivity contribution in [2.45, 2.75) is 57.8 Å². The molecular formula is C23H30BNO2. The summed E-state index contributed by atoms with van der Waals surface area (Å²) in [4.78, 5) is 2.56. The molecule has 142 valence electrons. The zero-order chi connectivity index (χ0) is 19.1. The Morgan fingerprint density at radius 3 is 2.19 bits per heavy atom. The van der Waals surface area contributed by atoms with Gasteiger partial charge in [0.1, 0.15) is 0 Å². The quantitative estimate of drug-likeness (QED) is 0.767. The zero-order valence-electron chi connectivity index (χ0n) is 16.9. The van der Waals surface area contributed by atoms with E-state index in [2.05, 4.69) is 87.2 Å². The van der Waals surface area contributed by atoms with Crippen molar-refractivity contribution in [1.29, 1.82) is 0 Å². The van der Waals surface area contributed by atoms with Crippen LogP contribution >= 0.6 is 0 Å². The second kappa shape index (κ2) is 7.08. The Balaban J connectivity index is 1.37. The van der Waals surface area contributed by atoms with Crippen molar-refractivity contribution in [3.63, 3.8) is 0 Å². The summed E-state index contributed by atoms with van der Waals surface area (Å²) in [6.45, 7) is 11.7. The molecule has 0 spiro atoms. The summed E-state index contributed by atoms with van der Waals surface area (Å²) >= 11 is 0. The van der Waals surface area contributed by atoms with Gasteiger partial charge in [-0.15, -0.1) is 0 Å². The van der Waals surface area contributed by atoms with Gasteiger partial charge in [0.05, 0.1) is 11.2 Å². The van der Waals surface area contributed by atoms with E-state index in [0.717, 1.165) is 18.6 Å². The summed E-state index contributed by atoms with van der Waals surface area (Å²) in [6, 6.07) is 19.6. The maximum Gasteiger partial charge on any atom is 0.494 e. The number of likely N-dealkylation sites (tertiary alicyclic amines) is 1. The second-order valence-corrected chi connectivity index (χ2v) is 8.96. The Hall–Kier alpha value is -1.62. The highest BCUT2D eigenvalue weighted by molar-refractivity contribution is 6.62. The minimum atomic E-state index is -0.293. The molecular weight excluding hydrogens is 333 g/mol. The fraction of sp³-hybridized carbons (Fsp3) is 0.478. The van der Waals surface area contributed by atoms with Crippen LogP contribution < -0.4 is 5.46 Å². The lowest BCUT2D eigenvalue weighted by atomic mass is 9.79. The molecule has 2 heterocycles. The van der Waals surface area contributed by atoms with Crippen LogP contribution in [0.1, 0.15) is 51.2 Å². The first-order chi connectivity index (χ1) is 12.8. The van der Waals surface area contributed by atoms with Crippen molar-refractivity contribution in [3.05, 3.63) is 65.7 Å². The zero-order valence-corrected chi connectivity index (χ0v) is 16.9. The van der Waals surface area contributed by atoms with E-state index in [4.69, 9.17) is 9.31 Å². The van der Waals surface area contributed by atoms with Crippen molar-refractivity contribution in [1.82, 2.24) is 4.90 Å². The van der Waals surface area contributed by atoms with Gasteiger partial charge in [0.15, 0.2) is 0 Å². The van der Waals surface area contributed by atoms with Crippen LogP contribution in [0.3, 0.4) is 0 Å². The topological polar surface area (TPSA) is 21.7 Å². The van der Waals surface area contributed by atoms with Gasteiger partial charge in [-0.25, -0.2) is 0 Å². The average molecular weight is 363 g/mol. The molecule has 2 aromatic carbocycles. The molecule has 0 amide bonds. The van der Waals surface area contributed by atoms with Crippen LogP contribution in [0, 0.1) is 0 Å². The summed E-state index contributed by atoms with van der Waals surface area (Å²) in [6.07, 6.45) is 1.25. The summed E-state index contributed by atoms with van der Waals surface area (Å²) < 4.78 is 12.3. The second-order valence-electron chi connectivity index (χ2n) is 8.96. The molecule has 2 fully saturated rings. The van der Waals surface area contributed by atoms with E-state index in [9.17, 15) is 0 Å². The highest BCUT2D eigenvalue weighted by Gasteiger charge is 2.51. The van der Waals surface area contributed by atoms with Crippen molar-refractivity contribution >= 4 is 12.6 Å². The van der Waals surface area contributed by atoms with Crippen LogP contribution in [0.25, 0.3) is 0 Å². The molecule has 1 atom stereocenters. The van der Waals surface area contributed by atoms with Gasteiger partial charge in [0.25, 0.3) is 0 Å². The fourth-order valence-corrected chi connectivity index (χ4v) is 3.99. The van der Waals surface area contributed by atoms with E-state index < -0.39 is 0 Å². The van der Waals surface area contributed by atoms with Gasteiger partial charge >= 0.3 is 7.12 Å². The molecule has 2 aliphatic rings. The molecule has 0 saturated carbocycles. The lowest BCUT2D eigenvalue weighted by Gasteiger charge is -2.32. The highest BCUT2D eigenvalue weighted by Crippen LogP contribution is 2.36. The monoisotopic (exact) mass is 363 g/mol. The van der Waals surface area contributed by atoms with Crippen LogP contribution in [0.15, 0.2) is 54.6 Å². The van der Waals surface area contributed by atoms with Crippen molar-refractivity contribution in [2.24, 2.45) is 0 Å². The Labute approximate surface area is 163 Å². The van der Waals surface area contributed by atoms with Crippen LogP contribution in [0.5, 0.6) is 0 Å². The van der Waals surface area contributed by atoms with Crippen LogP contribution in [-0.2, 0) is 15.9 Å². The lowest BCUT2D eigenvalue weighted by Crippen LogP contribution is -2.41. The molecule has 3 nitrogen and oxygen atoms in total. The molecule has 0 N–H and O–H groups in total. The largest absolute Gasteiger partial charge is 0.494 e. The van der Waals surface area contributed by atoms with Crippen molar-refractivity contribution in [2.75, 3.05) is 13.1 Å². The third-order valence-electron chi connectivity index (χ3n) is 6.45. The first-order valence-electron chi connectivity index (χ1n) is 10.1. The first kappa shape index (κ1) is 18.7. The lowest BCUT2D eigenvalue weighted by molar-refractivity contribution is 0.00578. The van der Waals surface area contributed by atoms with E-state index in [1.807, 2.05) is 0 Å². The number of hydrogen-bond donors (Lipinski definition) is 0. The highest BCUT2D eigenvalue weighted by atomic mass is 16.7. The Morgan fingerprint density at radius 1 is 0.926 bits per heavy atom. The standard InChI is InChI=1S/C23H30BNO2/c1-22(2)23(3,4)27-24(26-22)21-12-10-18(11-13-21)16-25-15-14-20(17-25)19-8-6-5-7-9-19/h5-13,20H,14-17H2,1-4H3. The summed E-state index contributed by atoms with van der Waals surface area (Å²) in [7, 11) is -0.279. The predicted octanol–water partition coefficient (Wildman–Crippen LogP) is 3.98. The predicted molar refractivity (Wildman–Crippen MR) is 111 cm³/mol. The third kappa shape index (κ3) is 3.84. The van der Waals surface area contributed by atoms with E-state index in [1.165, 1.54) is 24.1 Å². The smallest absolute Gasteiger partial charge is 0.399 e. The van der Waals surface area contributed by atoms with Gasteiger partial charge in [-0.1, -0.05) is 54.6 Å². The molecule has 2 aromatic rings. The molecule has 27 heavy (non-hydrogen) atoms. The van der Waals surface area contributed by atoms with Gasteiger partial charge in [-0.2, -0.15) is 0 Å². The van der Waals surface area contributed by atoms with E-state index in [-0.39, 0.29) is 18.3 Å². The van der Waals surface area contributed by atoms with Crippen molar-refractivity contribution < 1.29 is 9.31 Å². The number of benzene rings is 2.